The van der Waals surface area contributed by atoms with Crippen molar-refractivity contribution >= 4 is 5.52 Å². The van der Waals surface area contributed by atoms with Gasteiger partial charge in [0.05, 0.1) is 19.3 Å². The Labute approximate surface area is 53.4 Å². The summed E-state index contributed by atoms with van der Waals surface area (Å²) < 4.78 is 8.78. The number of rotatable bonds is 0. The Kier molecular flexibility index (Phi) is 0.621. The molecule has 0 spiro atoms. The topological polar surface area (TPSA) is 30.2 Å². The Balaban J connectivity index is 2.88. The molecular weight excluding hydrogens is 114 g/mol. The molecule has 0 aliphatic heterocycles. The molecule has 2 aromatic heterocycles. The fourth-order valence-electron chi connectivity index (χ4n) is 0.718. The van der Waals surface area contributed by atoms with Gasteiger partial charge in [-0.2, -0.15) is 5.10 Å². The van der Waals surface area contributed by atoms with Crippen LogP contribution in [0, 0.1) is 0 Å². The van der Waals surface area contributed by atoms with Gasteiger partial charge in [0, 0.05) is 12.4 Å². The van der Waals surface area contributed by atoms with E-state index in [0.29, 0.717) is 0 Å². The van der Waals surface area contributed by atoms with Gasteiger partial charge in [0.2, 0.25) is 0 Å². The Morgan fingerprint density at radius 2 is 2.67 bits per heavy atom. The molecular formula is C6H5N3. The molecule has 0 unspecified atom stereocenters. The second-order valence-electron chi connectivity index (χ2n) is 1.72. The van der Waals surface area contributed by atoms with Crippen molar-refractivity contribution in [3.63, 3.8) is 0 Å². The number of fused-ring (bicyclic) bond motifs is 1. The van der Waals surface area contributed by atoms with Gasteiger partial charge in [-0.3, -0.25) is 4.98 Å². The van der Waals surface area contributed by atoms with Gasteiger partial charge < -0.3 is 0 Å². The van der Waals surface area contributed by atoms with Crippen LogP contribution in [-0.4, -0.2) is 14.6 Å². The fourth-order valence-corrected chi connectivity index (χ4v) is 0.718. The Bertz CT molecular complexity index is 322. The molecule has 0 bridgehead atoms. The molecule has 2 aromatic rings. The molecule has 2 heterocycles. The molecule has 0 amide bonds. The van der Waals surface area contributed by atoms with Crippen LogP contribution in [0.4, 0.5) is 0 Å². The number of nitrogens with zero attached hydrogens (tertiary/aromatic N) is 3. The van der Waals surface area contributed by atoms with Crippen molar-refractivity contribution in [3.8, 4) is 0 Å². The lowest BCUT2D eigenvalue weighted by molar-refractivity contribution is 0.946. The quantitative estimate of drug-likeness (QED) is 0.513. The molecule has 0 aliphatic rings. The third-order valence-corrected chi connectivity index (χ3v) is 1.14. The van der Waals surface area contributed by atoms with Crippen LogP contribution in [0.3, 0.4) is 0 Å². The largest absolute Gasteiger partial charge is 0.261 e. The smallest absolute Gasteiger partial charge is 0.0860 e. The second-order valence-corrected chi connectivity index (χ2v) is 1.72. The van der Waals surface area contributed by atoms with Gasteiger partial charge in [-0.25, -0.2) is 4.52 Å². The third kappa shape index (κ3) is 0.579. The zero-order chi connectivity index (χ0) is 6.97. The normalized spacial score (nSPS) is 11.8. The van der Waals surface area contributed by atoms with Crippen LogP contribution in [0.2, 0.25) is 0 Å². The Morgan fingerprint density at radius 1 is 1.67 bits per heavy atom. The van der Waals surface area contributed by atoms with E-state index < -0.39 is 0 Å². The molecule has 0 fully saturated rings. The first-order valence-corrected chi connectivity index (χ1v) is 2.62. The van der Waals surface area contributed by atoms with Gasteiger partial charge >= 0.3 is 0 Å². The average Bonchev–Trinajstić information content (AvgIpc) is 2.27. The van der Waals surface area contributed by atoms with Crippen molar-refractivity contribution in [3.05, 3.63) is 30.8 Å². The average molecular weight is 120 g/mol. The summed E-state index contributed by atoms with van der Waals surface area (Å²) in [7, 11) is 0. The summed E-state index contributed by atoms with van der Waals surface area (Å²) >= 11 is 0. The van der Waals surface area contributed by atoms with Crippen molar-refractivity contribution in [2.75, 3.05) is 0 Å². The Morgan fingerprint density at radius 3 is 3.56 bits per heavy atom. The number of aromatic nitrogens is 3. The first-order valence-electron chi connectivity index (χ1n) is 3.12. The Hall–Kier alpha value is -1.38. The van der Waals surface area contributed by atoms with Crippen LogP contribution in [0.15, 0.2) is 30.8 Å². The minimum atomic E-state index is 0.271. The third-order valence-electron chi connectivity index (χ3n) is 1.14. The monoisotopic (exact) mass is 120 g/mol. The van der Waals surface area contributed by atoms with Crippen molar-refractivity contribution in [1.82, 2.24) is 14.6 Å². The fraction of sp³-hybridized carbons (Fsp3) is 0. The summed E-state index contributed by atoms with van der Waals surface area (Å²) in [6.07, 6.45) is 5.30. The lowest BCUT2D eigenvalue weighted by atomic mass is 10.5. The summed E-state index contributed by atoms with van der Waals surface area (Å²) in [6, 6.07) is 1.66. The SMILES string of the molecule is [2H]c1cc2cnccn2n1. The lowest BCUT2D eigenvalue weighted by Crippen LogP contribution is -1.84. The van der Waals surface area contributed by atoms with Gasteiger partial charge in [0.1, 0.15) is 0 Å². The summed E-state index contributed by atoms with van der Waals surface area (Å²) in [5, 5.41) is 3.86. The number of hydrogen-bond donors (Lipinski definition) is 0. The van der Waals surface area contributed by atoms with E-state index in [2.05, 4.69) is 10.1 Å². The van der Waals surface area contributed by atoms with Crippen LogP contribution < -0.4 is 0 Å². The maximum Gasteiger partial charge on any atom is 0.0860 e. The highest BCUT2D eigenvalue weighted by molar-refractivity contribution is 5.41. The zero-order valence-electron chi connectivity index (χ0n) is 5.65. The van der Waals surface area contributed by atoms with Gasteiger partial charge in [-0.15, -0.1) is 0 Å². The van der Waals surface area contributed by atoms with Crippen molar-refractivity contribution < 1.29 is 1.37 Å². The molecule has 0 atom stereocenters. The van der Waals surface area contributed by atoms with Gasteiger partial charge in [0.15, 0.2) is 0 Å². The second kappa shape index (κ2) is 1.55. The summed E-state index contributed by atoms with van der Waals surface area (Å²) in [5.74, 6) is 0. The molecule has 3 nitrogen and oxygen atoms in total. The highest BCUT2D eigenvalue weighted by atomic mass is 15.2. The summed E-state index contributed by atoms with van der Waals surface area (Å²) in [4.78, 5) is 3.88. The summed E-state index contributed by atoms with van der Waals surface area (Å²) in [6.45, 7) is 0. The lowest BCUT2D eigenvalue weighted by Gasteiger charge is -1.86. The van der Waals surface area contributed by atoms with Crippen molar-refractivity contribution in [2.24, 2.45) is 0 Å². The van der Waals surface area contributed by atoms with Crippen LogP contribution in [0.1, 0.15) is 1.37 Å². The van der Waals surface area contributed by atoms with Gasteiger partial charge in [0.25, 0.3) is 0 Å². The molecule has 2 rings (SSSR count). The van der Waals surface area contributed by atoms with E-state index in [9.17, 15) is 0 Å². The number of hydrogen-bond acceptors (Lipinski definition) is 2. The van der Waals surface area contributed by atoms with E-state index in [0.717, 1.165) is 5.52 Å². The predicted octanol–water partition coefficient (Wildman–Crippen LogP) is 0.729. The van der Waals surface area contributed by atoms with E-state index in [-0.39, 0.29) is 6.17 Å². The van der Waals surface area contributed by atoms with Gasteiger partial charge in [-0.1, -0.05) is 0 Å². The van der Waals surface area contributed by atoms with E-state index in [1.807, 2.05) is 0 Å². The molecule has 0 saturated carbocycles. The molecule has 3 heteroatoms. The zero-order valence-corrected chi connectivity index (χ0v) is 4.65. The molecule has 0 radical (unpaired) electrons. The van der Waals surface area contributed by atoms with Gasteiger partial charge in [-0.05, 0) is 6.07 Å². The van der Waals surface area contributed by atoms with Crippen LogP contribution >= 0.6 is 0 Å². The molecule has 9 heavy (non-hydrogen) atoms. The molecule has 0 saturated heterocycles. The highest BCUT2D eigenvalue weighted by Crippen LogP contribution is 1.95. The molecule has 0 N–H and O–H groups in total. The molecule has 44 valence electrons. The van der Waals surface area contributed by atoms with E-state index in [1.54, 1.807) is 29.2 Å². The predicted molar refractivity (Wildman–Crippen MR) is 33.0 cm³/mol. The molecule has 0 aromatic carbocycles. The van der Waals surface area contributed by atoms with E-state index >= 15 is 0 Å². The van der Waals surface area contributed by atoms with Crippen LogP contribution in [-0.2, 0) is 0 Å². The minimum Gasteiger partial charge on any atom is -0.261 e. The maximum atomic E-state index is 7.16. The van der Waals surface area contributed by atoms with Crippen LogP contribution in [0.5, 0.6) is 0 Å². The maximum absolute atomic E-state index is 7.16. The van der Waals surface area contributed by atoms with Crippen molar-refractivity contribution in [1.29, 1.82) is 0 Å². The molecule has 0 aliphatic carbocycles. The standard InChI is InChI=1S/C6H5N3/c1-2-8-9-4-3-7-5-6(1)9/h1-5H/i2D. The first-order chi connectivity index (χ1) is 4.86. The van der Waals surface area contributed by atoms with Crippen molar-refractivity contribution in [2.45, 2.75) is 0 Å². The van der Waals surface area contributed by atoms with E-state index in [4.69, 9.17) is 1.37 Å². The summed E-state index contributed by atoms with van der Waals surface area (Å²) in [5.41, 5.74) is 0.854. The van der Waals surface area contributed by atoms with Crippen LogP contribution in [0.25, 0.3) is 5.52 Å². The van der Waals surface area contributed by atoms with E-state index in [1.165, 1.54) is 0 Å². The first kappa shape index (κ1) is 3.61. The minimum absolute atomic E-state index is 0.271. The highest BCUT2D eigenvalue weighted by Gasteiger charge is 1.86.